The molecule has 0 radical (unpaired) electrons. The van der Waals surface area contributed by atoms with Crippen molar-refractivity contribution < 1.29 is 9.47 Å². The molecule has 19 heavy (non-hydrogen) atoms. The van der Waals surface area contributed by atoms with E-state index in [2.05, 4.69) is 26.0 Å². The van der Waals surface area contributed by atoms with Gasteiger partial charge in [-0.25, -0.2) is 0 Å². The Hall–Kier alpha value is -1.22. The topological polar surface area (TPSA) is 44.5 Å². The monoisotopic (exact) mass is 263 g/mol. The molecule has 0 bridgehead atoms. The number of benzene rings is 1. The molecule has 2 rings (SSSR count). The van der Waals surface area contributed by atoms with Gasteiger partial charge in [0.15, 0.2) is 11.5 Å². The molecular formula is C16H25NO2. The highest BCUT2D eigenvalue weighted by Crippen LogP contribution is 2.32. The van der Waals surface area contributed by atoms with Crippen molar-refractivity contribution in [2.75, 3.05) is 19.8 Å². The van der Waals surface area contributed by atoms with E-state index in [1.165, 1.54) is 12.0 Å². The van der Waals surface area contributed by atoms with Gasteiger partial charge < -0.3 is 15.2 Å². The molecule has 0 spiro atoms. The normalized spacial score (nSPS) is 19.8. The molecule has 1 aromatic rings. The largest absolute Gasteiger partial charge is 0.489 e. The maximum Gasteiger partial charge on any atom is 0.161 e. The van der Waals surface area contributed by atoms with E-state index >= 15 is 0 Å². The van der Waals surface area contributed by atoms with Gasteiger partial charge in [0.25, 0.3) is 0 Å². The molecule has 3 heteroatoms. The summed E-state index contributed by atoms with van der Waals surface area (Å²) in [6, 6.07) is 6.31. The van der Waals surface area contributed by atoms with E-state index in [4.69, 9.17) is 15.2 Å². The quantitative estimate of drug-likeness (QED) is 0.888. The Labute approximate surface area is 116 Å². The van der Waals surface area contributed by atoms with Gasteiger partial charge in [0, 0.05) is 5.92 Å². The van der Waals surface area contributed by atoms with E-state index < -0.39 is 0 Å². The van der Waals surface area contributed by atoms with Gasteiger partial charge in [-0.2, -0.15) is 0 Å². The molecule has 1 aromatic carbocycles. The van der Waals surface area contributed by atoms with E-state index in [9.17, 15) is 0 Å². The minimum Gasteiger partial charge on any atom is -0.489 e. The molecule has 2 N–H and O–H groups in total. The van der Waals surface area contributed by atoms with E-state index in [0.29, 0.717) is 11.8 Å². The Balaban J connectivity index is 1.97. The summed E-state index contributed by atoms with van der Waals surface area (Å²) in [4.78, 5) is 0. The fourth-order valence-electron chi connectivity index (χ4n) is 2.29. The Bertz CT molecular complexity index is 406. The van der Waals surface area contributed by atoms with Crippen molar-refractivity contribution in [3.05, 3.63) is 23.8 Å². The maximum atomic E-state index is 5.81. The average Bonchev–Trinajstić information content (AvgIpc) is 2.59. The molecule has 1 aliphatic rings. The molecular weight excluding hydrogens is 238 g/mol. The average molecular weight is 263 g/mol. The van der Waals surface area contributed by atoms with Crippen molar-refractivity contribution >= 4 is 0 Å². The molecule has 1 heterocycles. The van der Waals surface area contributed by atoms with E-state index in [-0.39, 0.29) is 0 Å². The number of rotatable bonds is 5. The second kappa shape index (κ2) is 6.80. The third kappa shape index (κ3) is 4.13. The minimum absolute atomic E-state index is 0.445. The van der Waals surface area contributed by atoms with Crippen molar-refractivity contribution in [1.82, 2.24) is 0 Å². The third-order valence-electron chi connectivity index (χ3n) is 3.64. The predicted octanol–water partition coefficient (Wildman–Crippen LogP) is 3.01. The smallest absolute Gasteiger partial charge is 0.161 e. The maximum absolute atomic E-state index is 5.81. The van der Waals surface area contributed by atoms with Crippen LogP contribution in [0.3, 0.4) is 0 Å². The van der Waals surface area contributed by atoms with Crippen molar-refractivity contribution in [2.45, 2.75) is 33.1 Å². The van der Waals surface area contributed by atoms with Crippen LogP contribution in [0.15, 0.2) is 18.2 Å². The summed E-state index contributed by atoms with van der Waals surface area (Å²) in [6.45, 7) is 6.65. The number of nitrogens with two attached hydrogens (primary N) is 1. The third-order valence-corrected chi connectivity index (χ3v) is 3.64. The van der Waals surface area contributed by atoms with Crippen LogP contribution in [0.25, 0.3) is 0 Å². The van der Waals surface area contributed by atoms with Gasteiger partial charge >= 0.3 is 0 Å². The highest BCUT2D eigenvalue weighted by molar-refractivity contribution is 5.43. The molecule has 3 nitrogen and oxygen atoms in total. The lowest BCUT2D eigenvalue weighted by Gasteiger charge is -2.12. The first-order valence-corrected chi connectivity index (χ1v) is 7.27. The van der Waals surface area contributed by atoms with Crippen molar-refractivity contribution in [2.24, 2.45) is 17.6 Å². The second-order valence-electron chi connectivity index (χ2n) is 5.73. The van der Waals surface area contributed by atoms with Gasteiger partial charge in [-0.3, -0.25) is 0 Å². The molecule has 106 valence electrons. The SMILES string of the molecule is CC(CCN)CCc1ccc2c(c1)OCC(C)CO2. The van der Waals surface area contributed by atoms with E-state index in [0.717, 1.165) is 44.1 Å². The first kappa shape index (κ1) is 14.2. The van der Waals surface area contributed by atoms with Gasteiger partial charge in [0.05, 0.1) is 13.2 Å². The first-order chi connectivity index (χ1) is 9.19. The van der Waals surface area contributed by atoms with Gasteiger partial charge in [0.2, 0.25) is 0 Å². The lowest BCUT2D eigenvalue weighted by Crippen LogP contribution is -2.12. The molecule has 2 unspecified atom stereocenters. The number of hydrogen-bond acceptors (Lipinski definition) is 3. The molecule has 0 aliphatic carbocycles. The highest BCUT2D eigenvalue weighted by Gasteiger charge is 2.15. The number of ether oxygens (including phenoxy) is 2. The van der Waals surface area contributed by atoms with Crippen molar-refractivity contribution in [1.29, 1.82) is 0 Å². The fourth-order valence-corrected chi connectivity index (χ4v) is 2.29. The van der Waals surface area contributed by atoms with Crippen LogP contribution in [0.1, 0.15) is 32.3 Å². The van der Waals surface area contributed by atoms with Crippen molar-refractivity contribution in [3.63, 3.8) is 0 Å². The Morgan fingerprint density at radius 2 is 1.95 bits per heavy atom. The van der Waals surface area contributed by atoms with Crippen LogP contribution in [0.4, 0.5) is 0 Å². The van der Waals surface area contributed by atoms with Gasteiger partial charge in [-0.15, -0.1) is 0 Å². The summed E-state index contributed by atoms with van der Waals surface area (Å²) in [5, 5.41) is 0. The number of hydrogen-bond donors (Lipinski definition) is 1. The fraction of sp³-hybridized carbons (Fsp3) is 0.625. The van der Waals surface area contributed by atoms with Crippen LogP contribution in [0, 0.1) is 11.8 Å². The second-order valence-corrected chi connectivity index (χ2v) is 5.73. The van der Waals surface area contributed by atoms with Crippen LogP contribution >= 0.6 is 0 Å². The zero-order valence-corrected chi connectivity index (χ0v) is 12.0. The molecule has 2 atom stereocenters. The molecule has 0 saturated heterocycles. The van der Waals surface area contributed by atoms with Gasteiger partial charge in [-0.05, 0) is 49.4 Å². The Morgan fingerprint density at radius 3 is 2.68 bits per heavy atom. The molecule has 1 aliphatic heterocycles. The zero-order valence-electron chi connectivity index (χ0n) is 12.0. The summed E-state index contributed by atoms with van der Waals surface area (Å²) >= 11 is 0. The van der Waals surface area contributed by atoms with E-state index in [1.54, 1.807) is 0 Å². The summed E-state index contributed by atoms with van der Waals surface area (Å²) in [6.07, 6.45) is 3.35. The Kier molecular flexibility index (Phi) is 5.08. The van der Waals surface area contributed by atoms with Crippen LogP contribution in [0.5, 0.6) is 11.5 Å². The minimum atomic E-state index is 0.445. The van der Waals surface area contributed by atoms with Crippen LogP contribution < -0.4 is 15.2 Å². The van der Waals surface area contributed by atoms with Crippen LogP contribution in [-0.4, -0.2) is 19.8 Å². The summed E-state index contributed by atoms with van der Waals surface area (Å²) in [5.41, 5.74) is 6.90. The number of aryl methyl sites for hydroxylation is 1. The highest BCUT2D eigenvalue weighted by atomic mass is 16.5. The lowest BCUT2D eigenvalue weighted by molar-refractivity contribution is 0.228. The first-order valence-electron chi connectivity index (χ1n) is 7.27. The summed E-state index contributed by atoms with van der Waals surface area (Å²) in [5.74, 6) is 2.90. The number of fused-ring (bicyclic) bond motifs is 1. The molecule has 0 fully saturated rings. The van der Waals surface area contributed by atoms with Gasteiger partial charge in [0.1, 0.15) is 0 Å². The van der Waals surface area contributed by atoms with Crippen LogP contribution in [0.2, 0.25) is 0 Å². The predicted molar refractivity (Wildman–Crippen MR) is 77.8 cm³/mol. The summed E-state index contributed by atoms with van der Waals surface area (Å²) in [7, 11) is 0. The van der Waals surface area contributed by atoms with Crippen LogP contribution in [-0.2, 0) is 6.42 Å². The zero-order chi connectivity index (χ0) is 13.7. The molecule has 0 saturated carbocycles. The lowest BCUT2D eigenvalue weighted by atomic mass is 9.98. The van der Waals surface area contributed by atoms with E-state index in [1.807, 2.05) is 6.07 Å². The standard InChI is InChI=1S/C16H25NO2/c1-12(7-8-17)3-4-14-5-6-15-16(9-14)19-11-13(2)10-18-15/h5-6,9,12-13H,3-4,7-8,10-11,17H2,1-2H3. The Morgan fingerprint density at radius 1 is 1.21 bits per heavy atom. The van der Waals surface area contributed by atoms with Crippen molar-refractivity contribution in [3.8, 4) is 11.5 Å². The summed E-state index contributed by atoms with van der Waals surface area (Å²) < 4.78 is 11.5. The molecule has 0 amide bonds. The molecule has 0 aromatic heterocycles. The van der Waals surface area contributed by atoms with Gasteiger partial charge in [-0.1, -0.05) is 19.9 Å².